The van der Waals surface area contributed by atoms with E-state index in [4.69, 9.17) is 4.74 Å². The molecular weight excluding hydrogens is 262 g/mol. The summed E-state index contributed by atoms with van der Waals surface area (Å²) in [4.78, 5) is 5.29. The van der Waals surface area contributed by atoms with Gasteiger partial charge in [0.2, 0.25) is 0 Å². The lowest BCUT2D eigenvalue weighted by Crippen LogP contribution is -2.54. The normalized spacial score (nSPS) is 33.3. The van der Waals surface area contributed by atoms with Crippen molar-refractivity contribution in [1.82, 2.24) is 15.1 Å². The summed E-state index contributed by atoms with van der Waals surface area (Å²) >= 11 is 0. The van der Waals surface area contributed by atoms with Gasteiger partial charge in [-0.2, -0.15) is 0 Å². The van der Waals surface area contributed by atoms with Crippen LogP contribution in [0.15, 0.2) is 0 Å². The third-order valence-corrected chi connectivity index (χ3v) is 5.63. The Morgan fingerprint density at radius 1 is 1.10 bits per heavy atom. The molecule has 3 aliphatic rings. The summed E-state index contributed by atoms with van der Waals surface area (Å²) in [6, 6.07) is 2.23. The molecule has 0 saturated carbocycles. The summed E-state index contributed by atoms with van der Waals surface area (Å²) in [5.74, 6) is 0.703. The second-order valence-electron chi connectivity index (χ2n) is 7.48. The maximum Gasteiger partial charge on any atom is 0.0594 e. The molecule has 0 aromatic heterocycles. The largest absolute Gasteiger partial charge is 0.379 e. The summed E-state index contributed by atoms with van der Waals surface area (Å²) < 4.78 is 5.47. The van der Waals surface area contributed by atoms with Crippen LogP contribution in [0.3, 0.4) is 0 Å². The van der Waals surface area contributed by atoms with E-state index in [0.717, 1.165) is 38.4 Å². The van der Waals surface area contributed by atoms with E-state index in [0.29, 0.717) is 12.0 Å². The maximum atomic E-state index is 5.47. The van der Waals surface area contributed by atoms with Gasteiger partial charge in [-0.15, -0.1) is 0 Å². The van der Waals surface area contributed by atoms with Crippen molar-refractivity contribution < 1.29 is 4.74 Å². The highest BCUT2D eigenvalue weighted by atomic mass is 16.5. The minimum Gasteiger partial charge on any atom is -0.379 e. The number of ether oxygens (including phenoxy) is 1. The average Bonchev–Trinajstić information content (AvgIpc) is 2.95. The van der Waals surface area contributed by atoms with Crippen LogP contribution in [0.25, 0.3) is 0 Å². The van der Waals surface area contributed by atoms with Crippen LogP contribution in [0.4, 0.5) is 0 Å². The van der Waals surface area contributed by atoms with E-state index in [-0.39, 0.29) is 0 Å². The third kappa shape index (κ3) is 4.19. The minimum atomic E-state index is 0.626. The van der Waals surface area contributed by atoms with E-state index in [9.17, 15) is 0 Å². The van der Waals surface area contributed by atoms with Gasteiger partial charge in [0.15, 0.2) is 0 Å². The van der Waals surface area contributed by atoms with Crippen molar-refractivity contribution in [3.63, 3.8) is 0 Å². The third-order valence-electron chi connectivity index (χ3n) is 5.63. The molecule has 3 aliphatic heterocycles. The van der Waals surface area contributed by atoms with Crippen molar-refractivity contribution in [3.8, 4) is 0 Å². The van der Waals surface area contributed by atoms with Crippen molar-refractivity contribution in [2.75, 3.05) is 45.9 Å². The summed E-state index contributed by atoms with van der Waals surface area (Å²) in [6.45, 7) is 12.6. The Kier molecular flexibility index (Phi) is 5.54. The highest BCUT2D eigenvalue weighted by Gasteiger charge is 2.33. The van der Waals surface area contributed by atoms with Crippen molar-refractivity contribution >= 4 is 0 Å². The SMILES string of the molecule is CC(C)[C@H](CN1CCOCC1)N[C@@H]1CCN2CCC[C@@H]2C1. The molecule has 0 aromatic rings. The summed E-state index contributed by atoms with van der Waals surface area (Å²) in [5.41, 5.74) is 0. The number of hydrogen-bond acceptors (Lipinski definition) is 4. The van der Waals surface area contributed by atoms with Gasteiger partial charge >= 0.3 is 0 Å². The smallest absolute Gasteiger partial charge is 0.0594 e. The first-order valence-corrected chi connectivity index (χ1v) is 9.02. The molecule has 3 atom stereocenters. The van der Waals surface area contributed by atoms with E-state index in [1.807, 2.05) is 0 Å². The molecule has 0 bridgehead atoms. The first-order valence-electron chi connectivity index (χ1n) is 9.02. The zero-order valence-corrected chi connectivity index (χ0v) is 13.9. The molecule has 0 aliphatic carbocycles. The van der Waals surface area contributed by atoms with Gasteiger partial charge in [-0.1, -0.05) is 13.8 Å². The molecule has 0 spiro atoms. The van der Waals surface area contributed by atoms with E-state index >= 15 is 0 Å². The maximum absolute atomic E-state index is 5.47. The van der Waals surface area contributed by atoms with Gasteiger partial charge in [0.1, 0.15) is 0 Å². The van der Waals surface area contributed by atoms with Gasteiger partial charge in [0.25, 0.3) is 0 Å². The topological polar surface area (TPSA) is 27.7 Å². The first kappa shape index (κ1) is 15.7. The van der Waals surface area contributed by atoms with Crippen molar-refractivity contribution in [1.29, 1.82) is 0 Å². The molecule has 21 heavy (non-hydrogen) atoms. The second kappa shape index (κ2) is 7.40. The van der Waals surface area contributed by atoms with E-state index < -0.39 is 0 Å². The van der Waals surface area contributed by atoms with Gasteiger partial charge in [0, 0.05) is 37.8 Å². The van der Waals surface area contributed by atoms with E-state index in [1.165, 1.54) is 45.3 Å². The van der Waals surface area contributed by atoms with E-state index in [2.05, 4.69) is 29.0 Å². The molecule has 3 fully saturated rings. The second-order valence-corrected chi connectivity index (χ2v) is 7.48. The van der Waals surface area contributed by atoms with Gasteiger partial charge < -0.3 is 15.0 Å². The Bertz CT molecular complexity index is 317. The van der Waals surface area contributed by atoms with Crippen LogP contribution in [-0.2, 0) is 4.74 Å². The number of rotatable bonds is 5. The van der Waals surface area contributed by atoms with Crippen LogP contribution < -0.4 is 5.32 Å². The number of nitrogens with zero attached hydrogens (tertiary/aromatic N) is 2. The number of morpholine rings is 1. The lowest BCUT2D eigenvalue weighted by atomic mass is 9.94. The molecule has 4 nitrogen and oxygen atoms in total. The zero-order chi connectivity index (χ0) is 14.7. The van der Waals surface area contributed by atoms with Crippen LogP contribution in [0.5, 0.6) is 0 Å². The lowest BCUT2D eigenvalue weighted by molar-refractivity contribution is 0.0289. The highest BCUT2D eigenvalue weighted by Crippen LogP contribution is 2.27. The zero-order valence-electron chi connectivity index (χ0n) is 13.9. The molecule has 3 rings (SSSR count). The van der Waals surface area contributed by atoms with Crippen LogP contribution in [0.2, 0.25) is 0 Å². The Balaban J connectivity index is 1.49. The monoisotopic (exact) mass is 295 g/mol. The van der Waals surface area contributed by atoms with Crippen LogP contribution in [0.1, 0.15) is 39.5 Å². The Hall–Kier alpha value is -0.160. The molecular formula is C17H33N3O. The Labute approximate surface area is 130 Å². The number of fused-ring (bicyclic) bond motifs is 1. The van der Waals surface area contributed by atoms with Crippen molar-refractivity contribution in [2.45, 2.75) is 57.7 Å². The highest BCUT2D eigenvalue weighted by molar-refractivity contribution is 4.91. The number of piperidine rings is 1. The molecule has 1 N–H and O–H groups in total. The van der Waals surface area contributed by atoms with Crippen LogP contribution >= 0.6 is 0 Å². The first-order chi connectivity index (χ1) is 10.2. The molecule has 0 aromatic carbocycles. The number of nitrogens with one attached hydrogen (secondary N) is 1. The predicted octanol–water partition coefficient (Wildman–Crippen LogP) is 1.56. The van der Waals surface area contributed by atoms with Crippen LogP contribution in [-0.4, -0.2) is 73.9 Å². The van der Waals surface area contributed by atoms with Gasteiger partial charge in [0.05, 0.1) is 13.2 Å². The molecule has 3 saturated heterocycles. The standard InChI is InChI=1S/C17H33N3O/c1-14(2)17(13-19-8-10-21-11-9-19)18-15-5-7-20-6-3-4-16(20)12-15/h14-18H,3-13H2,1-2H3/t15-,16-,17+/m1/s1. The molecule has 3 heterocycles. The van der Waals surface area contributed by atoms with Crippen LogP contribution in [0, 0.1) is 5.92 Å². The fraction of sp³-hybridized carbons (Fsp3) is 1.00. The fourth-order valence-corrected chi connectivity index (χ4v) is 4.20. The van der Waals surface area contributed by atoms with Gasteiger partial charge in [-0.25, -0.2) is 0 Å². The molecule has 4 heteroatoms. The van der Waals surface area contributed by atoms with Gasteiger partial charge in [-0.3, -0.25) is 4.90 Å². The van der Waals surface area contributed by atoms with Crippen molar-refractivity contribution in [2.24, 2.45) is 5.92 Å². The van der Waals surface area contributed by atoms with E-state index in [1.54, 1.807) is 0 Å². The predicted molar refractivity (Wildman–Crippen MR) is 86.6 cm³/mol. The lowest BCUT2D eigenvalue weighted by Gasteiger charge is -2.39. The quantitative estimate of drug-likeness (QED) is 0.833. The summed E-state index contributed by atoms with van der Waals surface area (Å²) in [6.07, 6.45) is 5.54. The number of hydrogen-bond donors (Lipinski definition) is 1. The summed E-state index contributed by atoms with van der Waals surface area (Å²) in [5, 5.41) is 4.01. The molecule has 0 amide bonds. The Morgan fingerprint density at radius 2 is 1.90 bits per heavy atom. The van der Waals surface area contributed by atoms with Gasteiger partial charge in [-0.05, 0) is 44.7 Å². The summed E-state index contributed by atoms with van der Waals surface area (Å²) in [7, 11) is 0. The molecule has 0 radical (unpaired) electrons. The molecule has 122 valence electrons. The fourth-order valence-electron chi connectivity index (χ4n) is 4.20. The van der Waals surface area contributed by atoms with Crippen molar-refractivity contribution in [3.05, 3.63) is 0 Å². The minimum absolute atomic E-state index is 0.626. The average molecular weight is 295 g/mol. The molecule has 0 unspecified atom stereocenters. The Morgan fingerprint density at radius 3 is 2.67 bits per heavy atom.